The maximum atomic E-state index is 13.6. The zero-order valence-corrected chi connectivity index (χ0v) is 19.5. The smallest absolute Gasteiger partial charge is 0.244 e. The summed E-state index contributed by atoms with van der Waals surface area (Å²) >= 11 is 1.68. The Morgan fingerprint density at radius 2 is 1.90 bits per heavy atom. The molecule has 0 aromatic carbocycles. The van der Waals surface area contributed by atoms with E-state index in [2.05, 4.69) is 24.5 Å². The first kappa shape index (κ1) is 23.4. The van der Waals surface area contributed by atoms with Gasteiger partial charge in [0.1, 0.15) is 6.04 Å². The van der Waals surface area contributed by atoms with Gasteiger partial charge in [-0.3, -0.25) is 14.4 Å². The molecule has 0 aliphatic carbocycles. The summed E-state index contributed by atoms with van der Waals surface area (Å²) in [5.74, 6) is -1.12. The van der Waals surface area contributed by atoms with Crippen molar-refractivity contribution in [2.75, 3.05) is 19.7 Å². The topological polar surface area (TPSA) is 98.7 Å². The summed E-state index contributed by atoms with van der Waals surface area (Å²) in [7, 11) is 0. The number of hydrogen-bond donors (Lipinski definition) is 3. The predicted octanol–water partition coefficient (Wildman–Crippen LogP) is 1.54. The summed E-state index contributed by atoms with van der Waals surface area (Å²) in [6.45, 7) is 8.98. The quantitative estimate of drug-likeness (QED) is 0.449. The van der Waals surface area contributed by atoms with Crippen molar-refractivity contribution in [3.05, 3.63) is 0 Å². The molecule has 8 heteroatoms. The average Bonchev–Trinajstić information content (AvgIpc) is 3.32. The lowest BCUT2D eigenvalue weighted by molar-refractivity contribution is -0.142. The highest BCUT2D eigenvalue weighted by molar-refractivity contribution is 8.02. The van der Waals surface area contributed by atoms with E-state index in [9.17, 15) is 19.5 Å². The number of nitrogens with one attached hydrogen (secondary N) is 2. The van der Waals surface area contributed by atoms with Crippen molar-refractivity contribution in [1.82, 2.24) is 15.5 Å². The number of nitrogens with zero attached hydrogens (tertiary/aromatic N) is 1. The van der Waals surface area contributed by atoms with Crippen LogP contribution < -0.4 is 10.6 Å². The maximum Gasteiger partial charge on any atom is 0.244 e. The monoisotopic (exact) mass is 439 g/mol. The van der Waals surface area contributed by atoms with E-state index < -0.39 is 28.7 Å². The first-order valence-electron chi connectivity index (χ1n) is 11.5. The lowest BCUT2D eigenvalue weighted by Gasteiger charge is -2.39. The number of aliphatic hydroxyl groups is 1. The third kappa shape index (κ3) is 3.64. The minimum atomic E-state index is -0.646. The highest BCUT2D eigenvalue weighted by Crippen LogP contribution is 2.68. The first-order chi connectivity index (χ1) is 14.3. The van der Waals surface area contributed by atoms with Gasteiger partial charge >= 0.3 is 0 Å². The Morgan fingerprint density at radius 3 is 2.53 bits per heavy atom. The lowest BCUT2D eigenvalue weighted by Crippen LogP contribution is -2.58. The molecule has 7 atom stereocenters. The second-order valence-electron chi connectivity index (χ2n) is 9.12. The number of likely N-dealkylation sites (tertiary alicyclic amines) is 1. The third-order valence-corrected chi connectivity index (χ3v) is 9.18. The van der Waals surface area contributed by atoms with Crippen molar-refractivity contribution < 1.29 is 19.5 Å². The number of rotatable bonds is 10. The summed E-state index contributed by atoms with van der Waals surface area (Å²) in [4.78, 5) is 41.6. The zero-order valence-electron chi connectivity index (χ0n) is 18.6. The molecule has 0 aromatic rings. The number of amides is 3. The fraction of sp³-hybridized carbons (Fsp3) is 0.864. The number of carbonyl (C=O) groups is 3. The molecule has 3 saturated heterocycles. The first-order valence-corrected chi connectivity index (χ1v) is 12.4. The van der Waals surface area contributed by atoms with E-state index in [0.29, 0.717) is 13.1 Å². The van der Waals surface area contributed by atoms with Gasteiger partial charge in [0.15, 0.2) is 0 Å². The molecule has 0 aromatic heterocycles. The second kappa shape index (κ2) is 9.47. The molecule has 3 heterocycles. The molecule has 3 N–H and O–H groups in total. The van der Waals surface area contributed by atoms with E-state index >= 15 is 0 Å². The molecule has 3 amide bonds. The van der Waals surface area contributed by atoms with E-state index in [1.807, 2.05) is 6.92 Å². The van der Waals surface area contributed by atoms with Gasteiger partial charge < -0.3 is 20.6 Å². The van der Waals surface area contributed by atoms with Gasteiger partial charge in [0.25, 0.3) is 0 Å². The zero-order chi connectivity index (χ0) is 22.1. The lowest BCUT2D eigenvalue weighted by atomic mass is 9.66. The van der Waals surface area contributed by atoms with Crippen molar-refractivity contribution in [2.45, 2.75) is 81.9 Å². The fourth-order valence-corrected chi connectivity index (χ4v) is 8.08. The van der Waals surface area contributed by atoms with Gasteiger partial charge in [0.2, 0.25) is 17.7 Å². The van der Waals surface area contributed by atoms with E-state index in [0.717, 1.165) is 32.1 Å². The average molecular weight is 440 g/mol. The number of fused-ring (bicyclic) bond motifs is 1. The van der Waals surface area contributed by atoms with Crippen LogP contribution in [0.15, 0.2) is 0 Å². The summed E-state index contributed by atoms with van der Waals surface area (Å²) in [6, 6.07) is -1.11. The van der Waals surface area contributed by atoms with Gasteiger partial charge in [-0.2, -0.15) is 0 Å². The molecule has 3 rings (SSSR count). The molecular weight excluding hydrogens is 402 g/mol. The molecule has 170 valence electrons. The van der Waals surface area contributed by atoms with Gasteiger partial charge in [0.05, 0.1) is 29.2 Å². The van der Waals surface area contributed by atoms with Crippen LogP contribution in [-0.2, 0) is 14.4 Å². The van der Waals surface area contributed by atoms with E-state index in [-0.39, 0.29) is 35.5 Å². The van der Waals surface area contributed by atoms with E-state index in [4.69, 9.17) is 0 Å². The van der Waals surface area contributed by atoms with Crippen LogP contribution in [0.2, 0.25) is 0 Å². The second-order valence-corrected chi connectivity index (χ2v) is 10.7. The number of thioether (sulfide) groups is 1. The molecule has 0 saturated carbocycles. The molecule has 1 spiro atoms. The van der Waals surface area contributed by atoms with Gasteiger partial charge in [-0.05, 0) is 32.1 Å². The summed E-state index contributed by atoms with van der Waals surface area (Å²) in [5, 5.41) is 15.9. The molecule has 7 nitrogen and oxygen atoms in total. The van der Waals surface area contributed by atoms with Crippen molar-refractivity contribution >= 4 is 29.5 Å². The minimum Gasteiger partial charge on any atom is -0.394 e. The summed E-state index contributed by atoms with van der Waals surface area (Å²) in [5.41, 5.74) is 0. The minimum absolute atomic E-state index is 0.0628. The predicted molar refractivity (Wildman–Crippen MR) is 118 cm³/mol. The molecule has 0 radical (unpaired) electrons. The van der Waals surface area contributed by atoms with Crippen LogP contribution in [0.4, 0.5) is 0 Å². The van der Waals surface area contributed by atoms with E-state index in [1.165, 1.54) is 0 Å². The number of aliphatic hydroxyl groups excluding tert-OH is 1. The van der Waals surface area contributed by atoms with Crippen LogP contribution in [0, 0.1) is 17.8 Å². The summed E-state index contributed by atoms with van der Waals surface area (Å²) in [6.07, 6.45) is 4.69. The molecule has 30 heavy (non-hydrogen) atoms. The molecule has 3 unspecified atom stereocenters. The highest BCUT2D eigenvalue weighted by Gasteiger charge is 2.76. The van der Waals surface area contributed by atoms with Crippen molar-refractivity contribution in [3.8, 4) is 0 Å². The normalized spacial score (nSPS) is 35.4. The molecular formula is C22H37N3O4S. The van der Waals surface area contributed by atoms with Crippen LogP contribution in [0.25, 0.3) is 0 Å². The molecule has 3 aliphatic heterocycles. The highest BCUT2D eigenvalue weighted by atomic mass is 32.2. The number of unbranched alkanes of at least 4 members (excludes halogenated alkanes) is 2. The maximum absolute atomic E-state index is 13.6. The molecule has 3 fully saturated rings. The van der Waals surface area contributed by atoms with Gasteiger partial charge in [0, 0.05) is 18.3 Å². The van der Waals surface area contributed by atoms with Crippen LogP contribution in [-0.4, -0.2) is 69.5 Å². The Labute approximate surface area is 184 Å². The Balaban J connectivity index is 1.94. The van der Waals surface area contributed by atoms with Gasteiger partial charge in [-0.15, -0.1) is 11.8 Å². The SMILES string of the molecule is CCCCCNC(=O)C1N([C@H](C)CO)C(=O)[C@@H]2[C@H](C(=O)NCCC)[C@@H]3CC(C)C12S3. The fourth-order valence-electron chi connectivity index (χ4n) is 5.67. The third-order valence-electron chi connectivity index (χ3n) is 7.10. The van der Waals surface area contributed by atoms with Crippen LogP contribution in [0.5, 0.6) is 0 Å². The molecule has 3 aliphatic rings. The Bertz CT molecular complexity index is 675. The molecule has 2 bridgehead atoms. The van der Waals surface area contributed by atoms with Crippen molar-refractivity contribution in [3.63, 3.8) is 0 Å². The van der Waals surface area contributed by atoms with E-state index in [1.54, 1.807) is 23.6 Å². The number of carbonyl (C=O) groups excluding carboxylic acids is 3. The Hall–Kier alpha value is -1.28. The van der Waals surface area contributed by atoms with Crippen molar-refractivity contribution in [1.29, 1.82) is 0 Å². The Kier molecular flexibility index (Phi) is 7.38. The van der Waals surface area contributed by atoms with Crippen LogP contribution >= 0.6 is 11.8 Å². The largest absolute Gasteiger partial charge is 0.394 e. The van der Waals surface area contributed by atoms with Gasteiger partial charge in [-0.25, -0.2) is 0 Å². The van der Waals surface area contributed by atoms with Crippen LogP contribution in [0.3, 0.4) is 0 Å². The van der Waals surface area contributed by atoms with Gasteiger partial charge in [-0.1, -0.05) is 33.6 Å². The van der Waals surface area contributed by atoms with Crippen molar-refractivity contribution in [2.24, 2.45) is 17.8 Å². The Morgan fingerprint density at radius 1 is 1.20 bits per heavy atom. The summed E-state index contributed by atoms with van der Waals surface area (Å²) < 4.78 is -0.603. The standard InChI is InChI=1S/C22H37N3O4S/c1-5-7-8-10-24-20(28)18-22-13(3)11-15(30-22)16(19(27)23-9-6-2)17(22)21(29)25(18)14(4)12-26/h13-18,26H,5-12H2,1-4H3,(H,23,27)(H,24,28)/t13?,14-,15+,16-,17+,18?,22?/m1/s1. The van der Waals surface area contributed by atoms with Crippen LogP contribution in [0.1, 0.15) is 59.8 Å². The number of hydrogen-bond acceptors (Lipinski definition) is 5.